The van der Waals surface area contributed by atoms with Crippen molar-refractivity contribution in [1.82, 2.24) is 0 Å². The highest BCUT2D eigenvalue weighted by Crippen LogP contribution is 2.37. The van der Waals surface area contributed by atoms with Crippen molar-refractivity contribution in [3.63, 3.8) is 0 Å². The van der Waals surface area contributed by atoms with Crippen molar-refractivity contribution in [2.24, 2.45) is 11.8 Å². The number of Topliss-reactive ketones (excluding diaryl/α,β-unsaturated/α-hetero) is 1. The molecule has 0 saturated heterocycles. The van der Waals surface area contributed by atoms with Crippen LogP contribution < -0.4 is 9.47 Å². The van der Waals surface area contributed by atoms with Gasteiger partial charge < -0.3 is 14.2 Å². The Balaban J connectivity index is 2.25. The Labute approximate surface area is 124 Å². The van der Waals surface area contributed by atoms with Gasteiger partial charge in [0.05, 0.1) is 26.4 Å². The molecule has 0 N–H and O–H groups in total. The number of carbonyl (C=O) groups is 2. The van der Waals surface area contributed by atoms with Gasteiger partial charge in [-0.25, -0.2) is 0 Å². The second kappa shape index (κ2) is 6.16. The molecule has 0 saturated carbocycles. The Morgan fingerprint density at radius 3 is 2.57 bits per heavy atom. The first-order chi connectivity index (χ1) is 9.97. The molecule has 2 rings (SSSR count). The minimum atomic E-state index is -0.778. The van der Waals surface area contributed by atoms with E-state index < -0.39 is 11.9 Å². The van der Waals surface area contributed by atoms with Crippen LogP contribution >= 0.6 is 0 Å². The molecule has 5 nitrogen and oxygen atoms in total. The minimum absolute atomic E-state index is 0.238. The van der Waals surface area contributed by atoms with Gasteiger partial charge in [0.1, 0.15) is 17.4 Å². The van der Waals surface area contributed by atoms with Gasteiger partial charge >= 0.3 is 5.97 Å². The molecule has 1 aromatic carbocycles. The van der Waals surface area contributed by atoms with Crippen molar-refractivity contribution in [1.29, 1.82) is 0 Å². The molecular weight excluding hydrogens is 272 g/mol. The van der Waals surface area contributed by atoms with E-state index >= 15 is 0 Å². The molecule has 1 aliphatic rings. The lowest BCUT2D eigenvalue weighted by Gasteiger charge is -2.10. The Bertz CT molecular complexity index is 562. The van der Waals surface area contributed by atoms with Crippen LogP contribution in [0.4, 0.5) is 0 Å². The minimum Gasteiger partial charge on any atom is -0.497 e. The van der Waals surface area contributed by atoms with Gasteiger partial charge in [0.15, 0.2) is 5.78 Å². The number of methoxy groups -OCH3 is 2. The summed E-state index contributed by atoms with van der Waals surface area (Å²) in [6.45, 7) is 4.22. The normalized spacial score (nSPS) is 16.8. The van der Waals surface area contributed by atoms with Crippen LogP contribution in [0.2, 0.25) is 0 Å². The third kappa shape index (κ3) is 3.01. The molecule has 0 radical (unpaired) electrons. The van der Waals surface area contributed by atoms with Crippen LogP contribution in [0.25, 0.3) is 0 Å². The van der Waals surface area contributed by atoms with Crippen LogP contribution in [0.3, 0.4) is 0 Å². The number of fused-ring (bicyclic) bond motifs is 1. The first-order valence-corrected chi connectivity index (χ1v) is 6.93. The van der Waals surface area contributed by atoms with Gasteiger partial charge in [-0.1, -0.05) is 13.8 Å². The summed E-state index contributed by atoms with van der Waals surface area (Å²) in [5, 5.41) is 0. The molecule has 1 atom stereocenters. The molecule has 0 spiro atoms. The fraction of sp³-hybridized carbons (Fsp3) is 0.500. The van der Waals surface area contributed by atoms with E-state index in [0.717, 1.165) is 5.56 Å². The van der Waals surface area contributed by atoms with Gasteiger partial charge in [-0.2, -0.15) is 0 Å². The molecule has 5 heteroatoms. The van der Waals surface area contributed by atoms with Crippen LogP contribution in [0.5, 0.6) is 11.5 Å². The topological polar surface area (TPSA) is 61.8 Å². The van der Waals surface area contributed by atoms with Crippen LogP contribution in [0, 0.1) is 11.8 Å². The zero-order valence-corrected chi connectivity index (χ0v) is 12.8. The van der Waals surface area contributed by atoms with Gasteiger partial charge in [-0.15, -0.1) is 0 Å². The number of carbonyl (C=O) groups excluding carboxylic acids is 2. The molecule has 0 aliphatic heterocycles. The van der Waals surface area contributed by atoms with Crippen molar-refractivity contribution < 1.29 is 23.8 Å². The first-order valence-electron chi connectivity index (χ1n) is 6.93. The SMILES string of the molecule is COc1cc2c(c(OC)c1)C(=O)C(C(=O)OCC(C)C)C2. The largest absolute Gasteiger partial charge is 0.497 e. The number of hydrogen-bond donors (Lipinski definition) is 0. The van der Waals surface area contributed by atoms with Gasteiger partial charge in [0.25, 0.3) is 0 Å². The number of hydrogen-bond acceptors (Lipinski definition) is 5. The van der Waals surface area contributed by atoms with Gasteiger partial charge in [-0.3, -0.25) is 9.59 Å². The van der Waals surface area contributed by atoms with Gasteiger partial charge in [0.2, 0.25) is 0 Å². The van der Waals surface area contributed by atoms with Crippen molar-refractivity contribution >= 4 is 11.8 Å². The maximum atomic E-state index is 12.4. The summed E-state index contributed by atoms with van der Waals surface area (Å²) in [5.41, 5.74) is 1.23. The molecular formula is C16H20O5. The third-order valence-electron chi connectivity index (χ3n) is 3.44. The summed E-state index contributed by atoms with van der Waals surface area (Å²) in [6, 6.07) is 3.42. The van der Waals surface area contributed by atoms with E-state index in [-0.39, 0.29) is 11.7 Å². The fourth-order valence-corrected chi connectivity index (χ4v) is 2.39. The summed E-state index contributed by atoms with van der Waals surface area (Å²) in [6.07, 6.45) is 0.332. The first kappa shape index (κ1) is 15.4. The molecule has 0 aromatic heterocycles. The van der Waals surface area contributed by atoms with Crippen molar-refractivity contribution in [2.45, 2.75) is 20.3 Å². The van der Waals surface area contributed by atoms with Crippen LogP contribution in [0.15, 0.2) is 12.1 Å². The van der Waals surface area contributed by atoms with E-state index in [0.29, 0.717) is 30.1 Å². The number of esters is 1. The molecule has 0 heterocycles. The molecule has 0 bridgehead atoms. The molecule has 0 amide bonds. The number of benzene rings is 1. The number of ketones is 1. The third-order valence-corrected chi connectivity index (χ3v) is 3.44. The number of ether oxygens (including phenoxy) is 3. The predicted octanol–water partition coefficient (Wildman–Crippen LogP) is 2.26. The molecule has 0 fully saturated rings. The summed E-state index contributed by atoms with van der Waals surface area (Å²) < 4.78 is 15.6. The van der Waals surface area contributed by atoms with Crippen LogP contribution in [-0.2, 0) is 16.0 Å². The molecule has 1 aliphatic carbocycles. The van der Waals surface area contributed by atoms with Gasteiger partial charge in [0, 0.05) is 6.07 Å². The standard InChI is InChI=1S/C16H20O5/c1-9(2)8-21-16(18)12-6-10-5-11(19-3)7-13(20-4)14(10)15(12)17/h5,7,9,12H,6,8H2,1-4H3. The highest BCUT2D eigenvalue weighted by atomic mass is 16.5. The average molecular weight is 292 g/mol. The lowest BCUT2D eigenvalue weighted by molar-refractivity contribution is -0.147. The molecule has 114 valence electrons. The van der Waals surface area contributed by atoms with E-state index in [1.54, 1.807) is 19.2 Å². The average Bonchev–Trinajstić information content (AvgIpc) is 2.81. The summed E-state index contributed by atoms with van der Waals surface area (Å²) in [7, 11) is 3.04. The van der Waals surface area contributed by atoms with E-state index in [2.05, 4.69) is 0 Å². The van der Waals surface area contributed by atoms with Crippen molar-refractivity contribution in [3.05, 3.63) is 23.3 Å². The summed E-state index contributed by atoms with van der Waals surface area (Å²) >= 11 is 0. The lowest BCUT2D eigenvalue weighted by Crippen LogP contribution is -2.24. The fourth-order valence-electron chi connectivity index (χ4n) is 2.39. The predicted molar refractivity (Wildman–Crippen MR) is 76.9 cm³/mol. The molecule has 1 aromatic rings. The smallest absolute Gasteiger partial charge is 0.317 e. The highest BCUT2D eigenvalue weighted by molar-refractivity contribution is 6.13. The quantitative estimate of drug-likeness (QED) is 0.615. The Kier molecular flexibility index (Phi) is 4.50. The zero-order chi connectivity index (χ0) is 15.6. The summed E-state index contributed by atoms with van der Waals surface area (Å²) in [4.78, 5) is 24.5. The zero-order valence-electron chi connectivity index (χ0n) is 12.8. The maximum Gasteiger partial charge on any atom is 0.317 e. The maximum absolute atomic E-state index is 12.4. The molecule has 1 unspecified atom stereocenters. The van der Waals surface area contributed by atoms with E-state index in [1.165, 1.54) is 7.11 Å². The van der Waals surface area contributed by atoms with Crippen molar-refractivity contribution in [3.8, 4) is 11.5 Å². The molecule has 21 heavy (non-hydrogen) atoms. The van der Waals surface area contributed by atoms with E-state index in [4.69, 9.17) is 14.2 Å². The van der Waals surface area contributed by atoms with E-state index in [1.807, 2.05) is 13.8 Å². The van der Waals surface area contributed by atoms with Crippen LogP contribution in [-0.4, -0.2) is 32.6 Å². The highest BCUT2D eigenvalue weighted by Gasteiger charge is 2.39. The van der Waals surface area contributed by atoms with Gasteiger partial charge in [-0.05, 0) is 24.0 Å². The second-order valence-corrected chi connectivity index (χ2v) is 5.51. The monoisotopic (exact) mass is 292 g/mol. The van der Waals surface area contributed by atoms with Crippen molar-refractivity contribution in [2.75, 3.05) is 20.8 Å². The Morgan fingerprint density at radius 1 is 1.29 bits per heavy atom. The lowest BCUT2D eigenvalue weighted by atomic mass is 10.1. The Hall–Kier alpha value is -2.04. The number of rotatable bonds is 5. The van der Waals surface area contributed by atoms with Crippen LogP contribution in [0.1, 0.15) is 29.8 Å². The summed E-state index contributed by atoms with van der Waals surface area (Å²) in [5.74, 6) is -0.200. The second-order valence-electron chi connectivity index (χ2n) is 5.51. The Morgan fingerprint density at radius 2 is 2.00 bits per heavy atom. The van der Waals surface area contributed by atoms with E-state index in [9.17, 15) is 9.59 Å².